The third-order valence-corrected chi connectivity index (χ3v) is 6.47. The lowest BCUT2D eigenvalue weighted by molar-refractivity contribution is -0.125. The number of nitrogens with zero attached hydrogens (tertiary/aromatic N) is 1. The molecule has 1 aliphatic heterocycles. The van der Waals surface area contributed by atoms with Gasteiger partial charge in [0, 0.05) is 32.4 Å². The van der Waals surface area contributed by atoms with Crippen LogP contribution in [0.4, 0.5) is 0 Å². The number of benzene rings is 1. The van der Waals surface area contributed by atoms with Gasteiger partial charge in [-0.15, -0.1) is 0 Å². The van der Waals surface area contributed by atoms with E-state index in [-0.39, 0.29) is 5.91 Å². The van der Waals surface area contributed by atoms with Gasteiger partial charge in [0.2, 0.25) is 5.91 Å². The average Bonchev–Trinajstić information content (AvgIpc) is 2.80. The first-order chi connectivity index (χ1) is 8.24. The number of rotatable bonds is 4. The SMILES string of the molecule is CO[Si](OC)(c1ccccc1)N1CCCC1=O. The van der Waals surface area contributed by atoms with E-state index in [4.69, 9.17) is 8.85 Å². The average molecular weight is 251 g/mol. The number of carbonyl (C=O) groups excluding carboxylic acids is 1. The quantitative estimate of drug-likeness (QED) is 0.741. The third-order valence-electron chi connectivity index (χ3n) is 3.12. The predicted octanol–water partition coefficient (Wildman–Crippen LogP) is 0.748. The minimum absolute atomic E-state index is 0.129. The van der Waals surface area contributed by atoms with Gasteiger partial charge in [0.05, 0.1) is 0 Å². The molecular weight excluding hydrogens is 234 g/mol. The molecule has 0 atom stereocenters. The van der Waals surface area contributed by atoms with Gasteiger partial charge in [-0.25, -0.2) is 0 Å². The van der Waals surface area contributed by atoms with E-state index in [1.165, 1.54) is 0 Å². The topological polar surface area (TPSA) is 38.8 Å². The molecule has 0 radical (unpaired) electrons. The smallest absolute Gasteiger partial charge is 0.378 e. The molecule has 1 aromatic carbocycles. The highest BCUT2D eigenvalue weighted by Gasteiger charge is 2.50. The number of carbonyl (C=O) groups is 1. The maximum atomic E-state index is 11.9. The second-order valence-corrected chi connectivity index (χ2v) is 7.10. The molecule has 1 aromatic rings. The molecule has 5 heteroatoms. The highest BCUT2D eigenvalue weighted by Crippen LogP contribution is 2.20. The molecule has 0 N–H and O–H groups in total. The van der Waals surface area contributed by atoms with Crippen molar-refractivity contribution in [3.8, 4) is 0 Å². The highest BCUT2D eigenvalue weighted by molar-refractivity contribution is 6.80. The molecule has 0 bridgehead atoms. The van der Waals surface area contributed by atoms with Crippen LogP contribution < -0.4 is 5.19 Å². The van der Waals surface area contributed by atoms with E-state index in [1.54, 1.807) is 18.8 Å². The van der Waals surface area contributed by atoms with Crippen LogP contribution in [0.2, 0.25) is 0 Å². The monoisotopic (exact) mass is 251 g/mol. The molecule has 0 unspecified atom stereocenters. The van der Waals surface area contributed by atoms with Gasteiger partial charge in [0.1, 0.15) is 0 Å². The summed E-state index contributed by atoms with van der Waals surface area (Å²) >= 11 is 0. The maximum Gasteiger partial charge on any atom is 0.496 e. The standard InChI is InChI=1S/C12H17NO3Si/c1-15-17(16-2,11-7-4-3-5-8-11)13-10-6-9-12(13)14/h3-5,7-8H,6,9-10H2,1-2H3. The predicted molar refractivity (Wildman–Crippen MR) is 66.8 cm³/mol. The van der Waals surface area contributed by atoms with Crippen LogP contribution in [0, 0.1) is 0 Å². The fraction of sp³-hybridized carbons (Fsp3) is 0.417. The second-order valence-electron chi connectivity index (χ2n) is 4.01. The Hall–Kier alpha value is -1.17. The lowest BCUT2D eigenvalue weighted by atomic mass is 10.4. The lowest BCUT2D eigenvalue weighted by Gasteiger charge is -2.35. The third kappa shape index (κ3) is 2.01. The van der Waals surface area contributed by atoms with Crippen LogP contribution in [0.5, 0.6) is 0 Å². The van der Waals surface area contributed by atoms with Gasteiger partial charge in [0.15, 0.2) is 0 Å². The molecule has 1 amide bonds. The minimum atomic E-state index is -2.77. The Bertz CT molecular complexity index is 392. The van der Waals surface area contributed by atoms with Gasteiger partial charge in [-0.3, -0.25) is 4.79 Å². The first-order valence-corrected chi connectivity index (χ1v) is 7.47. The summed E-state index contributed by atoms with van der Waals surface area (Å²) < 4.78 is 13.1. The molecule has 1 aliphatic rings. The van der Waals surface area contributed by atoms with E-state index >= 15 is 0 Å². The van der Waals surface area contributed by atoms with Crippen LogP contribution in [-0.2, 0) is 13.6 Å². The summed E-state index contributed by atoms with van der Waals surface area (Å²) in [4.78, 5) is 11.9. The van der Waals surface area contributed by atoms with Crippen molar-refractivity contribution in [3.05, 3.63) is 30.3 Å². The van der Waals surface area contributed by atoms with E-state index < -0.39 is 8.72 Å². The van der Waals surface area contributed by atoms with Crippen molar-refractivity contribution in [2.45, 2.75) is 12.8 Å². The van der Waals surface area contributed by atoms with Crippen LogP contribution in [0.3, 0.4) is 0 Å². The summed E-state index contributed by atoms with van der Waals surface area (Å²) in [6.07, 6.45) is 1.47. The van der Waals surface area contributed by atoms with Crippen LogP contribution in [0.25, 0.3) is 0 Å². The first kappa shape index (κ1) is 12.3. The summed E-state index contributed by atoms with van der Waals surface area (Å²) in [5, 5.41) is 0.972. The van der Waals surface area contributed by atoms with Crippen LogP contribution in [-0.4, -0.2) is 40.0 Å². The van der Waals surface area contributed by atoms with Crippen molar-refractivity contribution in [2.75, 3.05) is 20.8 Å². The highest BCUT2D eigenvalue weighted by atomic mass is 28.4. The summed E-state index contributed by atoms with van der Waals surface area (Å²) in [6, 6.07) is 9.75. The molecule has 0 saturated carbocycles. The summed E-state index contributed by atoms with van der Waals surface area (Å²) in [7, 11) is 0.473. The summed E-state index contributed by atoms with van der Waals surface area (Å²) in [5.74, 6) is 0.129. The number of amides is 1. The zero-order valence-electron chi connectivity index (χ0n) is 10.2. The van der Waals surface area contributed by atoms with Crippen molar-refractivity contribution in [3.63, 3.8) is 0 Å². The first-order valence-electron chi connectivity index (χ1n) is 5.71. The largest absolute Gasteiger partial charge is 0.496 e. The van der Waals surface area contributed by atoms with Crippen LogP contribution in [0.1, 0.15) is 12.8 Å². The van der Waals surface area contributed by atoms with Crippen molar-refractivity contribution in [1.29, 1.82) is 0 Å². The normalized spacial score (nSPS) is 16.6. The second kappa shape index (κ2) is 4.99. The summed E-state index contributed by atoms with van der Waals surface area (Å²) in [5.41, 5.74) is 0. The number of hydrogen-bond donors (Lipinski definition) is 0. The molecular formula is C12H17NO3Si. The lowest BCUT2D eigenvalue weighted by Crippen LogP contribution is -2.66. The minimum Gasteiger partial charge on any atom is -0.378 e. The Kier molecular flexibility index (Phi) is 3.61. The Morgan fingerprint density at radius 3 is 2.29 bits per heavy atom. The van der Waals surface area contributed by atoms with Crippen LogP contribution >= 0.6 is 0 Å². The summed E-state index contributed by atoms with van der Waals surface area (Å²) in [6.45, 7) is 0.724. The van der Waals surface area contributed by atoms with Crippen LogP contribution in [0.15, 0.2) is 30.3 Å². The van der Waals surface area contributed by atoms with Gasteiger partial charge in [-0.05, 0) is 6.42 Å². The number of hydrogen-bond acceptors (Lipinski definition) is 3. The van der Waals surface area contributed by atoms with Crippen molar-refractivity contribution in [2.24, 2.45) is 0 Å². The zero-order valence-corrected chi connectivity index (χ0v) is 11.2. The fourth-order valence-electron chi connectivity index (χ4n) is 2.30. The Morgan fingerprint density at radius 2 is 1.82 bits per heavy atom. The van der Waals surface area contributed by atoms with E-state index in [0.717, 1.165) is 18.2 Å². The molecule has 2 rings (SSSR count). The van der Waals surface area contributed by atoms with Gasteiger partial charge in [-0.1, -0.05) is 30.3 Å². The molecule has 1 fully saturated rings. The molecule has 1 heterocycles. The molecule has 4 nitrogen and oxygen atoms in total. The Morgan fingerprint density at radius 1 is 1.18 bits per heavy atom. The van der Waals surface area contributed by atoms with E-state index in [0.29, 0.717) is 6.42 Å². The molecule has 17 heavy (non-hydrogen) atoms. The van der Waals surface area contributed by atoms with Crippen molar-refractivity contribution in [1.82, 2.24) is 4.57 Å². The molecule has 0 aromatic heterocycles. The van der Waals surface area contributed by atoms with E-state index in [2.05, 4.69) is 0 Å². The van der Waals surface area contributed by atoms with Crippen molar-refractivity contribution >= 4 is 19.8 Å². The van der Waals surface area contributed by atoms with E-state index in [9.17, 15) is 4.79 Å². The Balaban J connectivity index is 2.42. The fourth-order valence-corrected chi connectivity index (χ4v) is 5.20. The molecule has 1 saturated heterocycles. The molecule has 0 spiro atoms. The molecule has 0 aliphatic carbocycles. The Labute approximate surface area is 102 Å². The maximum absolute atomic E-state index is 11.9. The van der Waals surface area contributed by atoms with Gasteiger partial charge < -0.3 is 13.4 Å². The van der Waals surface area contributed by atoms with Gasteiger partial charge in [0.25, 0.3) is 0 Å². The van der Waals surface area contributed by atoms with Crippen molar-refractivity contribution < 1.29 is 13.6 Å². The van der Waals surface area contributed by atoms with Gasteiger partial charge >= 0.3 is 8.72 Å². The van der Waals surface area contributed by atoms with E-state index in [1.807, 2.05) is 30.3 Å². The molecule has 92 valence electrons. The zero-order chi connectivity index (χ0) is 12.3. The van der Waals surface area contributed by atoms with Gasteiger partial charge in [-0.2, -0.15) is 0 Å².